The third kappa shape index (κ3) is 28.7. The summed E-state index contributed by atoms with van der Waals surface area (Å²) >= 11 is 0. The number of nitriles is 1. The highest BCUT2D eigenvalue weighted by Crippen LogP contribution is 2.10. The van der Waals surface area contributed by atoms with Gasteiger partial charge in [-0.1, -0.05) is 90.4 Å². The van der Waals surface area contributed by atoms with Crippen molar-refractivity contribution in [3.63, 3.8) is 0 Å². The Bertz CT molecular complexity index is 438. The first-order valence-corrected chi connectivity index (χ1v) is 11.5. The Kier molecular flexibility index (Phi) is 26.9. The fourth-order valence-electron chi connectivity index (χ4n) is 2.53. The van der Waals surface area contributed by atoms with Crippen molar-refractivity contribution in [3.05, 3.63) is 24.3 Å². The van der Waals surface area contributed by atoms with Gasteiger partial charge in [0.2, 0.25) is 0 Å². The van der Waals surface area contributed by atoms with Crippen molar-refractivity contribution in [1.82, 2.24) is 0 Å². The lowest BCUT2D eigenvalue weighted by molar-refractivity contribution is -0.139. The number of nitrogens with zero attached hydrogens (tertiary/aromatic N) is 1. The number of ether oxygens (including phenoxy) is 2. The van der Waals surface area contributed by atoms with Gasteiger partial charge >= 0.3 is 5.97 Å². The highest BCUT2D eigenvalue weighted by molar-refractivity contribution is 5.86. The molecule has 0 unspecified atom stereocenters. The van der Waals surface area contributed by atoms with Crippen LogP contribution < -0.4 is 0 Å². The molecule has 0 aliphatic rings. The fourth-order valence-corrected chi connectivity index (χ4v) is 2.53. The standard InChI is InChI=1S/C16H30O2.C9H15NO/c1-4-5-6-7-8-9-10-11-12-13-14-18-16(17)15(2)3;1-2-3-4-5-8-11-9-6-7-10/h2,4-14H2,1,3H3;3-4H,2,5-6,8-9H2,1H3/b;4-3-. The molecule has 0 saturated heterocycles. The summed E-state index contributed by atoms with van der Waals surface area (Å²) in [5, 5.41) is 8.16. The van der Waals surface area contributed by atoms with Crippen molar-refractivity contribution >= 4 is 5.97 Å². The first kappa shape index (κ1) is 29.6. The van der Waals surface area contributed by atoms with Crippen molar-refractivity contribution < 1.29 is 14.3 Å². The summed E-state index contributed by atoms with van der Waals surface area (Å²) in [6, 6.07) is 2.03. The van der Waals surface area contributed by atoms with E-state index in [-0.39, 0.29) is 5.97 Å². The molecular formula is C25H45NO3. The van der Waals surface area contributed by atoms with Gasteiger partial charge in [0.1, 0.15) is 0 Å². The van der Waals surface area contributed by atoms with E-state index in [4.69, 9.17) is 14.7 Å². The molecule has 29 heavy (non-hydrogen) atoms. The van der Waals surface area contributed by atoms with Crippen LogP contribution in [0.5, 0.6) is 0 Å². The minimum atomic E-state index is -0.258. The van der Waals surface area contributed by atoms with Crippen LogP contribution in [0.2, 0.25) is 0 Å². The van der Waals surface area contributed by atoms with E-state index in [1.165, 1.54) is 57.8 Å². The molecule has 0 atom stereocenters. The molecule has 0 heterocycles. The van der Waals surface area contributed by atoms with E-state index < -0.39 is 0 Å². The Labute approximate surface area is 180 Å². The van der Waals surface area contributed by atoms with Gasteiger partial charge in [-0.05, 0) is 26.2 Å². The molecule has 0 aromatic carbocycles. The molecule has 4 heteroatoms. The second-order valence-corrected chi connectivity index (χ2v) is 7.29. The Hall–Kier alpha value is -1.60. The molecular weight excluding hydrogens is 362 g/mol. The molecule has 0 radical (unpaired) electrons. The highest BCUT2D eigenvalue weighted by atomic mass is 16.5. The SMILES string of the molecule is C=C(C)C(=O)OCCCCCCCCCCCC.CC/C=C\CCOCCC#N. The molecule has 4 nitrogen and oxygen atoms in total. The van der Waals surface area contributed by atoms with Crippen LogP contribution >= 0.6 is 0 Å². The van der Waals surface area contributed by atoms with Gasteiger partial charge in [0.05, 0.1) is 32.3 Å². The van der Waals surface area contributed by atoms with Crippen LogP contribution in [0.25, 0.3) is 0 Å². The molecule has 168 valence electrons. The smallest absolute Gasteiger partial charge is 0.333 e. The number of carbonyl (C=O) groups is 1. The zero-order chi connectivity index (χ0) is 22.0. The van der Waals surface area contributed by atoms with Crippen LogP contribution in [0, 0.1) is 11.3 Å². The minimum absolute atomic E-state index is 0.258. The third-order valence-corrected chi connectivity index (χ3v) is 4.27. The first-order chi connectivity index (χ1) is 14.1. The summed E-state index contributed by atoms with van der Waals surface area (Å²) < 4.78 is 10.2. The maximum absolute atomic E-state index is 11.1. The van der Waals surface area contributed by atoms with Crippen molar-refractivity contribution in [2.75, 3.05) is 19.8 Å². The van der Waals surface area contributed by atoms with E-state index in [0.29, 0.717) is 25.2 Å². The maximum Gasteiger partial charge on any atom is 0.333 e. The second kappa shape index (κ2) is 26.4. The number of hydrogen-bond acceptors (Lipinski definition) is 4. The third-order valence-electron chi connectivity index (χ3n) is 4.27. The largest absolute Gasteiger partial charge is 0.462 e. The van der Waals surface area contributed by atoms with E-state index in [1.54, 1.807) is 6.92 Å². The lowest BCUT2D eigenvalue weighted by Gasteiger charge is -2.04. The summed E-state index contributed by atoms with van der Waals surface area (Å²) in [6.45, 7) is 11.4. The Morgan fingerprint density at radius 3 is 2.00 bits per heavy atom. The monoisotopic (exact) mass is 407 g/mol. The number of esters is 1. The molecule has 0 rings (SSSR count). The van der Waals surface area contributed by atoms with Crippen molar-refractivity contribution in [1.29, 1.82) is 5.26 Å². The summed E-state index contributed by atoms with van der Waals surface area (Å²) in [7, 11) is 0. The lowest BCUT2D eigenvalue weighted by atomic mass is 10.1. The van der Waals surface area contributed by atoms with Crippen molar-refractivity contribution in [3.8, 4) is 6.07 Å². The average Bonchev–Trinajstić information content (AvgIpc) is 2.71. The van der Waals surface area contributed by atoms with Crippen LogP contribution in [0.4, 0.5) is 0 Å². The maximum atomic E-state index is 11.1. The normalized spacial score (nSPS) is 10.3. The molecule has 0 bridgehead atoms. The number of rotatable bonds is 18. The van der Waals surface area contributed by atoms with Crippen LogP contribution in [0.3, 0.4) is 0 Å². The molecule has 0 fully saturated rings. The van der Waals surface area contributed by atoms with E-state index in [1.807, 2.05) is 6.07 Å². The van der Waals surface area contributed by atoms with E-state index in [9.17, 15) is 4.79 Å². The molecule has 0 spiro atoms. The van der Waals surface area contributed by atoms with E-state index >= 15 is 0 Å². The van der Waals surface area contributed by atoms with Crippen LogP contribution in [-0.2, 0) is 14.3 Å². The molecule has 0 amide bonds. The number of carbonyl (C=O) groups excluding carboxylic acids is 1. The quantitative estimate of drug-likeness (QED) is 0.103. The minimum Gasteiger partial charge on any atom is -0.462 e. The van der Waals surface area contributed by atoms with Crippen molar-refractivity contribution in [2.45, 2.75) is 104 Å². The predicted octanol–water partition coefficient (Wildman–Crippen LogP) is 7.30. The second-order valence-electron chi connectivity index (χ2n) is 7.29. The van der Waals surface area contributed by atoms with Gasteiger partial charge in [-0.15, -0.1) is 0 Å². The van der Waals surface area contributed by atoms with Crippen LogP contribution in [0.15, 0.2) is 24.3 Å². The van der Waals surface area contributed by atoms with Gasteiger partial charge < -0.3 is 9.47 Å². The van der Waals surface area contributed by atoms with Gasteiger partial charge in [0.15, 0.2) is 0 Å². The van der Waals surface area contributed by atoms with Gasteiger partial charge in [-0.25, -0.2) is 4.79 Å². The topological polar surface area (TPSA) is 59.3 Å². The highest BCUT2D eigenvalue weighted by Gasteiger charge is 2.01. The Morgan fingerprint density at radius 2 is 1.48 bits per heavy atom. The van der Waals surface area contributed by atoms with Crippen molar-refractivity contribution in [2.24, 2.45) is 0 Å². The predicted molar refractivity (Wildman–Crippen MR) is 123 cm³/mol. The summed E-state index contributed by atoms with van der Waals surface area (Å²) in [5.74, 6) is -0.258. The molecule has 0 aliphatic carbocycles. The summed E-state index contributed by atoms with van der Waals surface area (Å²) in [4.78, 5) is 11.1. The molecule has 0 aromatic heterocycles. The van der Waals surface area contributed by atoms with E-state index in [0.717, 1.165) is 25.9 Å². The zero-order valence-electron chi connectivity index (χ0n) is 19.3. The number of allylic oxidation sites excluding steroid dienone is 1. The summed E-state index contributed by atoms with van der Waals surface area (Å²) in [5.41, 5.74) is 0.488. The first-order valence-electron chi connectivity index (χ1n) is 11.5. The fraction of sp³-hybridized carbons (Fsp3) is 0.760. The molecule has 0 saturated carbocycles. The molecule has 0 aliphatic heterocycles. The average molecular weight is 408 g/mol. The van der Waals surface area contributed by atoms with Gasteiger partial charge in [0, 0.05) is 5.57 Å². The van der Waals surface area contributed by atoms with E-state index in [2.05, 4.69) is 32.6 Å². The van der Waals surface area contributed by atoms with Crippen LogP contribution in [0.1, 0.15) is 104 Å². The summed E-state index contributed by atoms with van der Waals surface area (Å²) in [6.07, 6.45) is 19.7. The zero-order valence-corrected chi connectivity index (χ0v) is 19.3. The van der Waals surface area contributed by atoms with Gasteiger partial charge in [-0.2, -0.15) is 5.26 Å². The number of unbranched alkanes of at least 4 members (excludes halogenated alkanes) is 9. The Morgan fingerprint density at radius 1 is 0.897 bits per heavy atom. The lowest BCUT2D eigenvalue weighted by Crippen LogP contribution is -2.05. The van der Waals surface area contributed by atoms with Gasteiger partial charge in [-0.3, -0.25) is 0 Å². The van der Waals surface area contributed by atoms with Gasteiger partial charge in [0.25, 0.3) is 0 Å². The van der Waals surface area contributed by atoms with Crippen LogP contribution in [-0.4, -0.2) is 25.8 Å². The Balaban J connectivity index is 0. The molecule has 0 N–H and O–H groups in total. The number of hydrogen-bond donors (Lipinski definition) is 0. The molecule has 0 aromatic rings.